The van der Waals surface area contributed by atoms with Gasteiger partial charge in [0.2, 0.25) is 0 Å². The molecular formula is C15H24NO3P. The Balaban J connectivity index is 2.65. The van der Waals surface area contributed by atoms with Crippen molar-refractivity contribution in [3.8, 4) is 0 Å². The zero-order chi connectivity index (χ0) is 14.7. The van der Waals surface area contributed by atoms with Gasteiger partial charge in [0.15, 0.2) is 0 Å². The first-order chi connectivity index (χ1) is 9.70. The highest BCUT2D eigenvalue weighted by molar-refractivity contribution is 7.57. The number of hydrogen-bond donors (Lipinski definition) is 0. The highest BCUT2D eigenvalue weighted by Gasteiger charge is 2.20. The monoisotopic (exact) mass is 297 g/mol. The van der Waals surface area contributed by atoms with Crippen molar-refractivity contribution in [3.05, 3.63) is 35.9 Å². The molecule has 0 aromatic carbocycles. The van der Waals surface area contributed by atoms with E-state index in [0.29, 0.717) is 13.2 Å². The second-order valence-electron chi connectivity index (χ2n) is 4.48. The van der Waals surface area contributed by atoms with Crippen LogP contribution in [0.25, 0.3) is 6.08 Å². The van der Waals surface area contributed by atoms with Crippen LogP contribution < -0.4 is 0 Å². The average Bonchev–Trinajstić information content (AvgIpc) is 2.47. The molecule has 0 atom stereocenters. The van der Waals surface area contributed by atoms with Gasteiger partial charge in [0, 0.05) is 12.0 Å². The van der Waals surface area contributed by atoms with Crippen LogP contribution in [0.2, 0.25) is 0 Å². The van der Waals surface area contributed by atoms with Crippen molar-refractivity contribution in [1.82, 2.24) is 4.98 Å². The average molecular weight is 297 g/mol. The lowest BCUT2D eigenvalue weighted by Crippen LogP contribution is -1.97. The highest BCUT2D eigenvalue weighted by Crippen LogP contribution is 2.50. The minimum atomic E-state index is -3.16. The number of nitrogens with zero attached hydrogens (tertiary/aromatic N) is 1. The van der Waals surface area contributed by atoms with Gasteiger partial charge in [-0.05, 0) is 31.1 Å². The molecular weight excluding hydrogens is 273 g/mol. The van der Waals surface area contributed by atoms with Crippen LogP contribution in [0, 0.1) is 0 Å². The lowest BCUT2D eigenvalue weighted by atomic mass is 10.3. The van der Waals surface area contributed by atoms with Crippen LogP contribution >= 0.6 is 7.60 Å². The third-order valence-corrected chi connectivity index (χ3v) is 4.25. The fraction of sp³-hybridized carbons (Fsp3) is 0.533. The predicted molar refractivity (Wildman–Crippen MR) is 82.6 cm³/mol. The molecule has 4 nitrogen and oxygen atoms in total. The summed E-state index contributed by atoms with van der Waals surface area (Å²) in [6.45, 7) is 5.03. The maximum atomic E-state index is 12.6. The molecule has 0 aliphatic carbocycles. The van der Waals surface area contributed by atoms with Gasteiger partial charge in [-0.2, -0.15) is 0 Å². The molecule has 1 rings (SSSR count). The third-order valence-electron chi connectivity index (χ3n) is 2.65. The summed E-state index contributed by atoms with van der Waals surface area (Å²) in [5.74, 6) is 1.51. The molecule has 112 valence electrons. The molecule has 0 saturated carbocycles. The van der Waals surface area contributed by atoms with Gasteiger partial charge in [-0.3, -0.25) is 9.55 Å². The lowest BCUT2D eigenvalue weighted by molar-refractivity contribution is 0.208. The molecule has 0 amide bonds. The number of hydrogen-bond acceptors (Lipinski definition) is 4. The number of pyridine rings is 1. The molecule has 5 heteroatoms. The minimum absolute atomic E-state index is 0.451. The topological polar surface area (TPSA) is 48.4 Å². The second-order valence-corrected chi connectivity index (χ2v) is 6.38. The zero-order valence-electron chi connectivity index (χ0n) is 12.3. The predicted octanol–water partition coefficient (Wildman–Crippen LogP) is 4.88. The summed E-state index contributed by atoms with van der Waals surface area (Å²) in [7, 11) is -3.16. The van der Waals surface area contributed by atoms with Crippen molar-refractivity contribution in [2.24, 2.45) is 0 Å². The van der Waals surface area contributed by atoms with Gasteiger partial charge < -0.3 is 9.05 Å². The van der Waals surface area contributed by atoms with Crippen LogP contribution in [-0.2, 0) is 13.6 Å². The zero-order valence-corrected chi connectivity index (χ0v) is 13.2. The summed E-state index contributed by atoms with van der Waals surface area (Å²) in [5.41, 5.74) is 0.742. The SMILES string of the molecule is CCCCOP(=O)(/C=C\c1ccccn1)OCCCC. The quantitative estimate of drug-likeness (QED) is 0.456. The molecule has 0 radical (unpaired) electrons. The normalized spacial score (nSPS) is 12.1. The van der Waals surface area contributed by atoms with E-state index in [4.69, 9.17) is 9.05 Å². The fourth-order valence-corrected chi connectivity index (χ4v) is 2.79. The van der Waals surface area contributed by atoms with Gasteiger partial charge in [-0.25, -0.2) is 0 Å². The van der Waals surface area contributed by atoms with E-state index in [0.717, 1.165) is 31.4 Å². The van der Waals surface area contributed by atoms with E-state index < -0.39 is 7.60 Å². The number of unbranched alkanes of at least 4 members (excludes halogenated alkanes) is 2. The standard InChI is InChI=1S/C15H24NO3P/c1-3-5-12-18-20(17,19-13-6-4-2)14-10-15-9-7-8-11-16-15/h7-11,14H,3-6,12-13H2,1-2H3/b14-10-. The molecule has 0 unspecified atom stereocenters. The van der Waals surface area contributed by atoms with Crippen LogP contribution in [0.5, 0.6) is 0 Å². The molecule has 0 saturated heterocycles. The highest BCUT2D eigenvalue weighted by atomic mass is 31.2. The molecule has 20 heavy (non-hydrogen) atoms. The van der Waals surface area contributed by atoms with Crippen LogP contribution in [0.15, 0.2) is 30.2 Å². The molecule has 1 aromatic heterocycles. The Bertz CT molecular complexity index is 420. The Kier molecular flexibility index (Phi) is 8.43. The van der Waals surface area contributed by atoms with Gasteiger partial charge in [-0.1, -0.05) is 32.8 Å². The number of rotatable bonds is 10. The van der Waals surface area contributed by atoms with E-state index >= 15 is 0 Å². The third kappa shape index (κ3) is 6.99. The fourth-order valence-electron chi connectivity index (χ4n) is 1.44. The molecule has 1 aromatic rings. The van der Waals surface area contributed by atoms with Crippen LogP contribution in [0.4, 0.5) is 0 Å². The van der Waals surface area contributed by atoms with Crippen molar-refractivity contribution >= 4 is 13.7 Å². The summed E-state index contributed by atoms with van der Waals surface area (Å²) >= 11 is 0. The van der Waals surface area contributed by atoms with Crippen molar-refractivity contribution in [1.29, 1.82) is 0 Å². The van der Waals surface area contributed by atoms with Crippen molar-refractivity contribution in [2.75, 3.05) is 13.2 Å². The Labute approximate surface area is 121 Å². The Hall–Kier alpha value is -0.960. The first kappa shape index (κ1) is 17.1. The summed E-state index contributed by atoms with van der Waals surface area (Å²) in [6.07, 6.45) is 7.13. The smallest absolute Gasteiger partial charge is 0.306 e. The Morgan fingerprint density at radius 1 is 1.15 bits per heavy atom. The lowest BCUT2D eigenvalue weighted by Gasteiger charge is -2.14. The Morgan fingerprint density at radius 3 is 2.30 bits per heavy atom. The van der Waals surface area contributed by atoms with Crippen molar-refractivity contribution in [2.45, 2.75) is 39.5 Å². The summed E-state index contributed by atoms with van der Waals surface area (Å²) in [5, 5.41) is 0. The van der Waals surface area contributed by atoms with Crippen LogP contribution in [0.1, 0.15) is 45.2 Å². The summed E-state index contributed by atoms with van der Waals surface area (Å²) < 4.78 is 23.5. The van der Waals surface area contributed by atoms with Gasteiger partial charge in [0.1, 0.15) is 0 Å². The maximum Gasteiger partial charge on any atom is 0.354 e. The Morgan fingerprint density at radius 2 is 1.80 bits per heavy atom. The van der Waals surface area contributed by atoms with Crippen LogP contribution in [0.3, 0.4) is 0 Å². The van der Waals surface area contributed by atoms with E-state index in [1.807, 2.05) is 18.2 Å². The van der Waals surface area contributed by atoms with Crippen LogP contribution in [-0.4, -0.2) is 18.2 Å². The van der Waals surface area contributed by atoms with Crippen molar-refractivity contribution in [3.63, 3.8) is 0 Å². The molecule has 0 N–H and O–H groups in total. The molecule has 0 fully saturated rings. The first-order valence-electron chi connectivity index (χ1n) is 7.19. The van der Waals surface area contributed by atoms with Gasteiger partial charge in [-0.15, -0.1) is 0 Å². The van der Waals surface area contributed by atoms with E-state index in [9.17, 15) is 4.57 Å². The summed E-state index contributed by atoms with van der Waals surface area (Å²) in [6, 6.07) is 5.57. The molecule has 0 aliphatic heterocycles. The van der Waals surface area contributed by atoms with E-state index in [1.54, 1.807) is 12.3 Å². The van der Waals surface area contributed by atoms with Gasteiger partial charge in [0.05, 0.1) is 18.9 Å². The van der Waals surface area contributed by atoms with E-state index in [2.05, 4.69) is 18.8 Å². The van der Waals surface area contributed by atoms with E-state index in [1.165, 1.54) is 5.82 Å². The number of aromatic nitrogens is 1. The molecule has 0 spiro atoms. The minimum Gasteiger partial charge on any atom is -0.306 e. The molecule has 0 aliphatic rings. The second kappa shape index (κ2) is 9.87. The van der Waals surface area contributed by atoms with Gasteiger partial charge in [0.25, 0.3) is 0 Å². The van der Waals surface area contributed by atoms with Gasteiger partial charge >= 0.3 is 7.60 Å². The maximum absolute atomic E-state index is 12.6. The first-order valence-corrected chi connectivity index (χ1v) is 8.80. The molecule has 1 heterocycles. The van der Waals surface area contributed by atoms with E-state index in [-0.39, 0.29) is 0 Å². The largest absolute Gasteiger partial charge is 0.354 e. The summed E-state index contributed by atoms with van der Waals surface area (Å²) in [4.78, 5) is 4.16. The van der Waals surface area contributed by atoms with Crippen molar-refractivity contribution < 1.29 is 13.6 Å². The molecule has 0 bridgehead atoms.